The van der Waals surface area contributed by atoms with Gasteiger partial charge >= 0.3 is 0 Å². The van der Waals surface area contributed by atoms with E-state index in [1.165, 1.54) is 27.3 Å². The quantitative estimate of drug-likeness (QED) is 0.585. The molecule has 2 heterocycles. The maximum atomic E-state index is 12.4. The predicted octanol–water partition coefficient (Wildman–Crippen LogP) is 4.17. The highest BCUT2D eigenvalue weighted by Crippen LogP contribution is 2.24. The van der Waals surface area contributed by atoms with Crippen LogP contribution in [-0.2, 0) is 11.2 Å². The summed E-state index contributed by atoms with van der Waals surface area (Å²) >= 11 is 3.07. The van der Waals surface area contributed by atoms with Crippen LogP contribution < -0.4 is 10.6 Å². The van der Waals surface area contributed by atoms with Gasteiger partial charge in [0.2, 0.25) is 0 Å². The van der Waals surface area contributed by atoms with Crippen molar-refractivity contribution in [3.63, 3.8) is 0 Å². The molecule has 0 saturated carbocycles. The Bertz CT molecular complexity index is 937. The summed E-state index contributed by atoms with van der Waals surface area (Å²) < 4.78 is 0. The van der Waals surface area contributed by atoms with Crippen molar-refractivity contribution in [1.29, 1.82) is 5.26 Å². The van der Waals surface area contributed by atoms with Gasteiger partial charge in [0.1, 0.15) is 17.1 Å². The third-order valence-electron chi connectivity index (χ3n) is 4.41. The Labute approximate surface area is 173 Å². The molecule has 3 rings (SSSR count). The Balaban J connectivity index is 1.69. The molecular formula is C22H24N3OS2+. The number of anilines is 1. The van der Waals surface area contributed by atoms with E-state index in [1.807, 2.05) is 11.4 Å². The van der Waals surface area contributed by atoms with Gasteiger partial charge in [-0.1, -0.05) is 44.2 Å². The van der Waals surface area contributed by atoms with Gasteiger partial charge in [0.25, 0.3) is 5.91 Å². The van der Waals surface area contributed by atoms with E-state index in [0.717, 1.165) is 6.42 Å². The molecule has 3 N–H and O–H groups in total. The average molecular weight is 411 g/mol. The number of amides is 1. The molecule has 0 radical (unpaired) electrons. The van der Waals surface area contributed by atoms with Crippen LogP contribution in [0.3, 0.4) is 0 Å². The second-order valence-electron chi connectivity index (χ2n) is 7.10. The molecule has 0 fully saturated rings. The maximum absolute atomic E-state index is 12.4. The second-order valence-corrected chi connectivity index (χ2v) is 8.99. The fraction of sp³-hybridized carbons (Fsp3) is 0.273. The minimum Gasteiger partial charge on any atom is -0.328 e. The monoisotopic (exact) mass is 410 g/mol. The Morgan fingerprint density at radius 1 is 1.14 bits per heavy atom. The molecule has 4 nitrogen and oxygen atoms in total. The number of nitrogens with zero attached hydrogens (tertiary/aromatic N) is 1. The van der Waals surface area contributed by atoms with Gasteiger partial charge in [-0.05, 0) is 40.8 Å². The van der Waals surface area contributed by atoms with Crippen molar-refractivity contribution in [2.75, 3.05) is 11.9 Å². The zero-order valence-electron chi connectivity index (χ0n) is 16.0. The van der Waals surface area contributed by atoms with E-state index in [-0.39, 0.29) is 11.9 Å². The van der Waals surface area contributed by atoms with Gasteiger partial charge in [-0.15, -0.1) is 22.7 Å². The van der Waals surface area contributed by atoms with E-state index in [4.69, 9.17) is 5.26 Å². The molecule has 0 aliphatic heterocycles. The Morgan fingerprint density at radius 3 is 2.57 bits per heavy atom. The van der Waals surface area contributed by atoms with Crippen LogP contribution in [0.25, 0.3) is 0 Å². The number of hydrogen-bond acceptors (Lipinski definition) is 4. The molecule has 1 aromatic carbocycles. The number of nitrogens with one attached hydrogen (secondary N) is 1. The molecule has 0 spiro atoms. The maximum Gasteiger partial charge on any atom is 0.280 e. The third-order valence-corrected chi connectivity index (χ3v) is 6.20. The van der Waals surface area contributed by atoms with Crippen LogP contribution in [0.2, 0.25) is 0 Å². The molecule has 28 heavy (non-hydrogen) atoms. The van der Waals surface area contributed by atoms with Crippen molar-refractivity contribution >= 4 is 33.6 Å². The SMILES string of the molecule is CC(C)Cc1ccc([C@H]([NH2+]CC(=O)Nc2sccc2C#N)c2cccs2)cc1. The number of quaternary nitrogens is 1. The van der Waals surface area contributed by atoms with Crippen LogP contribution in [0.4, 0.5) is 5.00 Å². The number of carbonyl (C=O) groups is 1. The van der Waals surface area contributed by atoms with Crippen LogP contribution in [-0.4, -0.2) is 12.5 Å². The van der Waals surface area contributed by atoms with E-state index in [2.05, 4.69) is 66.3 Å². The lowest BCUT2D eigenvalue weighted by molar-refractivity contribution is -0.675. The molecule has 0 aliphatic carbocycles. The smallest absolute Gasteiger partial charge is 0.280 e. The van der Waals surface area contributed by atoms with Crippen molar-refractivity contribution in [2.24, 2.45) is 5.92 Å². The fourth-order valence-corrected chi connectivity index (χ4v) is 4.72. The van der Waals surface area contributed by atoms with Crippen molar-refractivity contribution < 1.29 is 10.1 Å². The lowest BCUT2D eigenvalue weighted by atomic mass is 9.99. The highest BCUT2D eigenvalue weighted by molar-refractivity contribution is 7.14. The Kier molecular flexibility index (Phi) is 6.99. The summed E-state index contributed by atoms with van der Waals surface area (Å²) in [4.78, 5) is 13.6. The predicted molar refractivity (Wildman–Crippen MR) is 116 cm³/mol. The molecule has 0 bridgehead atoms. The van der Waals surface area contributed by atoms with Gasteiger partial charge in [0, 0.05) is 5.56 Å². The van der Waals surface area contributed by atoms with Crippen LogP contribution in [0, 0.1) is 17.2 Å². The topological polar surface area (TPSA) is 69.5 Å². The normalized spacial score (nSPS) is 11.9. The standard InChI is InChI=1S/C22H23N3OS2/c1-15(2)12-16-5-7-17(8-6-16)21(19-4-3-10-27-19)24-14-20(26)25-22-18(13-23)9-11-28-22/h3-11,15,21,24H,12,14H2,1-2H3,(H,25,26)/p+1/t21-/m0/s1. The largest absolute Gasteiger partial charge is 0.328 e. The molecule has 1 amide bonds. The lowest BCUT2D eigenvalue weighted by Crippen LogP contribution is -2.87. The molecule has 0 aliphatic rings. The average Bonchev–Trinajstić information content (AvgIpc) is 3.34. The van der Waals surface area contributed by atoms with Crippen molar-refractivity contribution in [3.8, 4) is 6.07 Å². The zero-order valence-corrected chi connectivity index (χ0v) is 17.6. The molecule has 1 atom stereocenters. The van der Waals surface area contributed by atoms with Crippen LogP contribution in [0.5, 0.6) is 0 Å². The number of carbonyl (C=O) groups excluding carboxylic acids is 1. The molecule has 2 aromatic heterocycles. The van der Waals surface area contributed by atoms with Crippen molar-refractivity contribution in [1.82, 2.24) is 0 Å². The number of thiophene rings is 2. The third kappa shape index (κ3) is 5.29. The second kappa shape index (κ2) is 9.65. The molecule has 3 aromatic rings. The minimum absolute atomic E-state index is 0.0811. The number of hydrogen-bond donors (Lipinski definition) is 2. The first-order valence-electron chi connectivity index (χ1n) is 9.30. The lowest BCUT2D eigenvalue weighted by Gasteiger charge is -2.15. The summed E-state index contributed by atoms with van der Waals surface area (Å²) in [5.41, 5.74) is 3.04. The van der Waals surface area contributed by atoms with E-state index < -0.39 is 0 Å². The Morgan fingerprint density at radius 2 is 1.93 bits per heavy atom. The zero-order chi connectivity index (χ0) is 19.9. The molecule has 0 saturated heterocycles. The van der Waals surface area contributed by atoms with Crippen LogP contribution in [0.15, 0.2) is 53.2 Å². The van der Waals surface area contributed by atoms with Crippen LogP contribution >= 0.6 is 22.7 Å². The van der Waals surface area contributed by atoms with Gasteiger partial charge < -0.3 is 10.6 Å². The number of nitrogens with two attached hydrogens (primary N) is 1. The van der Waals surface area contributed by atoms with Crippen LogP contribution in [0.1, 0.15) is 41.5 Å². The summed E-state index contributed by atoms with van der Waals surface area (Å²) in [7, 11) is 0. The van der Waals surface area contributed by atoms with E-state index in [1.54, 1.807) is 17.4 Å². The van der Waals surface area contributed by atoms with Gasteiger partial charge in [-0.2, -0.15) is 5.26 Å². The van der Waals surface area contributed by atoms with Crippen molar-refractivity contribution in [3.05, 3.63) is 74.8 Å². The van der Waals surface area contributed by atoms with E-state index in [0.29, 0.717) is 23.0 Å². The summed E-state index contributed by atoms with van der Waals surface area (Å²) in [6.07, 6.45) is 1.07. The number of benzene rings is 1. The van der Waals surface area contributed by atoms with Gasteiger partial charge in [0.15, 0.2) is 6.54 Å². The van der Waals surface area contributed by atoms with E-state index >= 15 is 0 Å². The first kappa shape index (κ1) is 20.3. The fourth-order valence-electron chi connectivity index (χ4n) is 3.11. The van der Waals surface area contributed by atoms with Gasteiger partial charge in [0.05, 0.1) is 10.4 Å². The molecular weight excluding hydrogens is 386 g/mol. The van der Waals surface area contributed by atoms with Gasteiger partial charge in [-0.25, -0.2) is 0 Å². The summed E-state index contributed by atoms with van der Waals surface area (Å²) in [6, 6.07) is 16.8. The van der Waals surface area contributed by atoms with Crippen molar-refractivity contribution in [2.45, 2.75) is 26.3 Å². The number of nitriles is 1. The minimum atomic E-state index is -0.100. The molecule has 144 valence electrons. The Hall–Kier alpha value is -2.46. The summed E-state index contributed by atoms with van der Waals surface area (Å²) in [5, 5.41) is 18.5. The van der Waals surface area contributed by atoms with E-state index in [9.17, 15) is 4.79 Å². The molecule has 0 unspecified atom stereocenters. The first-order valence-corrected chi connectivity index (χ1v) is 11.1. The van der Waals surface area contributed by atoms with Gasteiger partial charge in [-0.3, -0.25) is 4.79 Å². The number of rotatable bonds is 8. The highest BCUT2D eigenvalue weighted by atomic mass is 32.1. The highest BCUT2D eigenvalue weighted by Gasteiger charge is 2.20. The molecule has 6 heteroatoms. The first-order chi connectivity index (χ1) is 13.6. The summed E-state index contributed by atoms with van der Waals surface area (Å²) in [6.45, 7) is 4.74. The summed E-state index contributed by atoms with van der Waals surface area (Å²) in [5.74, 6) is 0.529.